The molecule has 0 aliphatic rings. The Morgan fingerprint density at radius 2 is 2.00 bits per heavy atom. The first kappa shape index (κ1) is 17.1. The van der Waals surface area contributed by atoms with Gasteiger partial charge in [-0.15, -0.1) is 0 Å². The Hall–Kier alpha value is -2.74. The van der Waals surface area contributed by atoms with E-state index >= 15 is 0 Å². The second-order valence-corrected chi connectivity index (χ2v) is 6.43. The Bertz CT molecular complexity index is 1050. The van der Waals surface area contributed by atoms with E-state index in [1.54, 1.807) is 31.6 Å². The summed E-state index contributed by atoms with van der Waals surface area (Å²) in [7, 11) is 1.65. The number of pyridine rings is 1. The molecule has 7 nitrogen and oxygen atoms in total. The van der Waals surface area contributed by atoms with E-state index < -0.39 is 5.97 Å². The van der Waals surface area contributed by atoms with Crippen molar-refractivity contribution in [1.29, 1.82) is 0 Å². The molecule has 0 aromatic carbocycles. The lowest BCUT2D eigenvalue weighted by molar-refractivity contribution is 0.0456. The van der Waals surface area contributed by atoms with Gasteiger partial charge in [-0.25, -0.2) is 9.78 Å². The molecule has 128 valence electrons. The number of fused-ring (bicyclic) bond motifs is 1. The lowest BCUT2D eigenvalue weighted by Gasteiger charge is -2.07. The van der Waals surface area contributed by atoms with Crippen LogP contribution in [0.5, 0.6) is 0 Å². The van der Waals surface area contributed by atoms with E-state index in [0.29, 0.717) is 16.9 Å². The molecule has 0 saturated carbocycles. The van der Waals surface area contributed by atoms with Crippen LogP contribution in [0, 0.1) is 0 Å². The standard InChI is InChI=1S/C17H14BrN3O4/c1-10(22)11-5-14(20(2)7-11)17(24)25-9-13-6-16(23)21-8-12(18)3-4-15(21)19-13/h3-8H,9H2,1-2H3. The van der Waals surface area contributed by atoms with E-state index in [-0.39, 0.29) is 23.6 Å². The number of carbonyl (C=O) groups excluding carboxylic acids is 2. The smallest absolute Gasteiger partial charge is 0.355 e. The van der Waals surface area contributed by atoms with Crippen molar-refractivity contribution in [3.63, 3.8) is 0 Å². The van der Waals surface area contributed by atoms with Gasteiger partial charge in [-0.05, 0) is 41.1 Å². The van der Waals surface area contributed by atoms with Gasteiger partial charge < -0.3 is 9.30 Å². The van der Waals surface area contributed by atoms with Crippen molar-refractivity contribution in [3.8, 4) is 0 Å². The topological polar surface area (TPSA) is 82.7 Å². The summed E-state index contributed by atoms with van der Waals surface area (Å²) >= 11 is 3.30. The number of hydrogen-bond donors (Lipinski definition) is 0. The van der Waals surface area contributed by atoms with Crippen LogP contribution in [0.25, 0.3) is 5.65 Å². The molecule has 0 bridgehead atoms. The Morgan fingerprint density at radius 3 is 2.68 bits per heavy atom. The third kappa shape index (κ3) is 3.53. The summed E-state index contributed by atoms with van der Waals surface area (Å²) in [6, 6.07) is 6.25. The molecule has 0 saturated heterocycles. The Labute approximate surface area is 151 Å². The predicted molar refractivity (Wildman–Crippen MR) is 93.7 cm³/mol. The highest BCUT2D eigenvalue weighted by molar-refractivity contribution is 9.10. The van der Waals surface area contributed by atoms with Gasteiger partial charge in [0.1, 0.15) is 17.9 Å². The molecular formula is C17H14BrN3O4. The molecule has 0 fully saturated rings. The first-order valence-corrected chi connectivity index (χ1v) is 8.17. The summed E-state index contributed by atoms with van der Waals surface area (Å²) in [6.07, 6.45) is 3.19. The predicted octanol–water partition coefficient (Wildman–Crippen LogP) is 2.36. The first-order valence-electron chi connectivity index (χ1n) is 7.37. The molecule has 25 heavy (non-hydrogen) atoms. The average Bonchev–Trinajstić information content (AvgIpc) is 2.95. The molecule has 0 N–H and O–H groups in total. The van der Waals surface area contributed by atoms with Gasteiger partial charge >= 0.3 is 5.97 Å². The minimum Gasteiger partial charge on any atom is -0.455 e. The molecule has 0 atom stereocenters. The van der Waals surface area contributed by atoms with Crippen LogP contribution in [0.2, 0.25) is 0 Å². The average molecular weight is 404 g/mol. The lowest BCUT2D eigenvalue weighted by Crippen LogP contribution is -2.17. The number of aromatic nitrogens is 3. The van der Waals surface area contributed by atoms with Crippen LogP contribution in [0.4, 0.5) is 0 Å². The molecule has 3 aromatic heterocycles. The van der Waals surface area contributed by atoms with Crippen molar-refractivity contribution in [2.24, 2.45) is 7.05 Å². The zero-order chi connectivity index (χ0) is 18.1. The maximum atomic E-state index is 12.2. The number of esters is 1. The van der Waals surface area contributed by atoms with E-state index in [4.69, 9.17) is 4.74 Å². The van der Waals surface area contributed by atoms with Crippen LogP contribution in [0.1, 0.15) is 33.5 Å². The zero-order valence-corrected chi connectivity index (χ0v) is 15.1. The fourth-order valence-corrected chi connectivity index (χ4v) is 2.71. The number of aryl methyl sites for hydroxylation is 1. The molecule has 0 amide bonds. The number of halogens is 1. The first-order chi connectivity index (χ1) is 11.8. The normalized spacial score (nSPS) is 10.8. The molecule has 3 heterocycles. The van der Waals surface area contributed by atoms with Crippen LogP contribution >= 0.6 is 15.9 Å². The van der Waals surface area contributed by atoms with Gasteiger partial charge in [0.15, 0.2) is 5.78 Å². The Balaban J connectivity index is 1.80. The Morgan fingerprint density at radius 1 is 1.24 bits per heavy atom. The third-order valence-electron chi connectivity index (χ3n) is 3.65. The third-order valence-corrected chi connectivity index (χ3v) is 4.12. The van der Waals surface area contributed by atoms with Gasteiger partial charge in [-0.1, -0.05) is 0 Å². The molecule has 3 rings (SSSR count). The second kappa shape index (κ2) is 6.64. The number of ketones is 1. The molecule has 0 unspecified atom stereocenters. The van der Waals surface area contributed by atoms with Gasteiger partial charge in [-0.2, -0.15) is 0 Å². The number of ether oxygens (including phenoxy) is 1. The van der Waals surface area contributed by atoms with Crippen LogP contribution in [0.15, 0.2) is 45.9 Å². The number of rotatable bonds is 4. The van der Waals surface area contributed by atoms with E-state index in [1.165, 1.54) is 28.0 Å². The summed E-state index contributed by atoms with van der Waals surface area (Å²) < 4.78 is 8.90. The van der Waals surface area contributed by atoms with E-state index in [2.05, 4.69) is 20.9 Å². The van der Waals surface area contributed by atoms with Crippen LogP contribution < -0.4 is 5.56 Å². The molecular weight excluding hydrogens is 390 g/mol. The van der Waals surface area contributed by atoms with Crippen molar-refractivity contribution < 1.29 is 14.3 Å². The quantitative estimate of drug-likeness (QED) is 0.493. The summed E-state index contributed by atoms with van der Waals surface area (Å²) in [4.78, 5) is 40.0. The van der Waals surface area contributed by atoms with Gasteiger partial charge in [0, 0.05) is 35.5 Å². The fraction of sp³-hybridized carbons (Fsp3) is 0.176. The molecule has 8 heteroatoms. The van der Waals surface area contributed by atoms with Crippen LogP contribution in [0.3, 0.4) is 0 Å². The lowest BCUT2D eigenvalue weighted by atomic mass is 10.2. The second-order valence-electron chi connectivity index (χ2n) is 5.52. The SMILES string of the molecule is CC(=O)c1cc(C(=O)OCc2cc(=O)n3cc(Br)ccc3n2)n(C)c1. The van der Waals surface area contributed by atoms with Crippen molar-refractivity contribution in [2.75, 3.05) is 0 Å². The number of carbonyl (C=O) groups is 2. The van der Waals surface area contributed by atoms with Gasteiger partial charge in [0.25, 0.3) is 5.56 Å². The van der Waals surface area contributed by atoms with E-state index in [9.17, 15) is 14.4 Å². The highest BCUT2D eigenvalue weighted by atomic mass is 79.9. The van der Waals surface area contributed by atoms with Crippen molar-refractivity contribution in [1.82, 2.24) is 14.0 Å². The molecule has 3 aromatic rings. The summed E-state index contributed by atoms with van der Waals surface area (Å²) in [5, 5.41) is 0. The minimum atomic E-state index is -0.590. The monoisotopic (exact) mass is 403 g/mol. The minimum absolute atomic E-state index is 0.134. The fourth-order valence-electron chi connectivity index (χ4n) is 2.37. The summed E-state index contributed by atoms with van der Waals surface area (Å²) in [5.74, 6) is -0.724. The van der Waals surface area contributed by atoms with Gasteiger partial charge in [-0.3, -0.25) is 14.0 Å². The maximum Gasteiger partial charge on any atom is 0.355 e. The number of hydrogen-bond acceptors (Lipinski definition) is 5. The maximum absolute atomic E-state index is 12.2. The summed E-state index contributed by atoms with van der Waals surface area (Å²) in [6.45, 7) is 1.29. The van der Waals surface area contributed by atoms with E-state index in [1.807, 2.05) is 0 Å². The number of Topliss-reactive ketones (excluding diaryl/α,β-unsaturated/α-hetero) is 1. The zero-order valence-electron chi connectivity index (χ0n) is 13.5. The van der Waals surface area contributed by atoms with Crippen LogP contribution in [-0.4, -0.2) is 25.7 Å². The molecule has 0 radical (unpaired) electrons. The van der Waals surface area contributed by atoms with Crippen molar-refractivity contribution >= 4 is 33.3 Å². The van der Waals surface area contributed by atoms with Crippen molar-refractivity contribution in [2.45, 2.75) is 13.5 Å². The molecule has 0 aliphatic heterocycles. The number of nitrogens with zero attached hydrogens (tertiary/aromatic N) is 3. The van der Waals surface area contributed by atoms with Gasteiger partial charge in [0.2, 0.25) is 0 Å². The highest BCUT2D eigenvalue weighted by Crippen LogP contribution is 2.12. The molecule has 0 spiro atoms. The van der Waals surface area contributed by atoms with Gasteiger partial charge in [0.05, 0.1) is 5.69 Å². The van der Waals surface area contributed by atoms with Crippen molar-refractivity contribution in [3.05, 3.63) is 68.4 Å². The largest absolute Gasteiger partial charge is 0.455 e. The van der Waals surface area contributed by atoms with E-state index in [0.717, 1.165) is 4.47 Å². The summed E-state index contributed by atoms with van der Waals surface area (Å²) in [5.41, 5.74) is 1.23. The molecule has 0 aliphatic carbocycles. The Kier molecular flexibility index (Phi) is 4.54. The highest BCUT2D eigenvalue weighted by Gasteiger charge is 2.15. The van der Waals surface area contributed by atoms with Crippen LogP contribution in [-0.2, 0) is 18.4 Å².